The van der Waals surface area contributed by atoms with Gasteiger partial charge in [-0.2, -0.15) is 9.29 Å². The zero-order chi connectivity index (χ0) is 34.4. The van der Waals surface area contributed by atoms with Crippen LogP contribution in [0.15, 0.2) is 45.9 Å². The van der Waals surface area contributed by atoms with E-state index in [0.29, 0.717) is 24.6 Å². The molecule has 0 bridgehead atoms. The maximum absolute atomic E-state index is 13.8. The van der Waals surface area contributed by atoms with Crippen LogP contribution < -0.4 is 0 Å². The molecule has 0 spiro atoms. The zero-order valence-electron chi connectivity index (χ0n) is 30.0. The maximum Gasteiger partial charge on any atom is 0.245 e. The first kappa shape index (κ1) is 37.7. The second-order valence-electron chi connectivity index (χ2n) is 13.9. The number of nitrogens with one attached hydrogen (secondary N) is 1. The Kier molecular flexibility index (Phi) is 15.1. The van der Waals surface area contributed by atoms with Crippen molar-refractivity contribution in [1.82, 2.24) is 29.4 Å². The molecule has 10 heteroatoms. The molecule has 0 fully saturated rings. The molecule has 48 heavy (non-hydrogen) atoms. The molecule has 1 N–H and O–H groups in total. The second kappa shape index (κ2) is 19.2. The van der Waals surface area contributed by atoms with Crippen LogP contribution in [0.2, 0.25) is 0 Å². The van der Waals surface area contributed by atoms with Crippen LogP contribution >= 0.6 is 0 Å². The summed E-state index contributed by atoms with van der Waals surface area (Å²) in [6, 6.07) is 8.39. The van der Waals surface area contributed by atoms with Crippen LogP contribution in [0.25, 0.3) is 11.0 Å². The Morgan fingerprint density at radius 1 is 0.833 bits per heavy atom. The monoisotopic (exact) mass is 678 g/mol. The van der Waals surface area contributed by atoms with E-state index in [-0.39, 0.29) is 10.8 Å². The SMILES string of the molecule is CCCCCCCCCCCCCCCCc1noc(C(CC(C)C)N(C)S(=O)(=O)c2ccc(Cc3nccc4[nH]c(C)nc34)cc2)n1. The molecule has 9 nitrogen and oxygen atoms in total. The molecule has 264 valence electrons. The summed E-state index contributed by atoms with van der Waals surface area (Å²) in [5.74, 6) is 2.09. The van der Waals surface area contributed by atoms with Crippen molar-refractivity contribution in [2.45, 2.75) is 148 Å². The summed E-state index contributed by atoms with van der Waals surface area (Å²) in [7, 11) is -2.20. The maximum atomic E-state index is 13.8. The standard InChI is InChI=1S/C38H58N6O3S/c1-6-7-8-9-10-11-12-13-14-15-16-17-18-19-20-36-42-38(47-43-36)35(27-29(2)3)44(5)48(45,46)32-23-21-31(22-24-32)28-34-37-33(25-26-39-34)40-30(4)41-37/h21-26,29,35H,6-20,27-28H2,1-5H3,(H,40,41). The number of aryl methyl sites for hydroxylation is 2. The van der Waals surface area contributed by atoms with Crippen molar-refractivity contribution in [2.24, 2.45) is 5.92 Å². The fourth-order valence-electron chi connectivity index (χ4n) is 6.38. The van der Waals surface area contributed by atoms with E-state index in [0.717, 1.165) is 47.4 Å². The number of fused-ring (bicyclic) bond motifs is 1. The number of benzene rings is 1. The molecule has 0 saturated carbocycles. The number of pyridine rings is 1. The number of nitrogens with zero attached hydrogens (tertiary/aromatic N) is 5. The van der Waals surface area contributed by atoms with Crippen molar-refractivity contribution in [1.29, 1.82) is 0 Å². The predicted molar refractivity (Wildman–Crippen MR) is 193 cm³/mol. The van der Waals surface area contributed by atoms with Gasteiger partial charge in [0.1, 0.15) is 17.4 Å². The highest BCUT2D eigenvalue weighted by Crippen LogP contribution is 2.31. The summed E-state index contributed by atoms with van der Waals surface area (Å²) >= 11 is 0. The average Bonchev–Trinajstić information content (AvgIpc) is 3.70. The molecular weight excluding hydrogens is 621 g/mol. The van der Waals surface area contributed by atoms with E-state index >= 15 is 0 Å². The van der Waals surface area contributed by atoms with Crippen LogP contribution in [0.5, 0.6) is 0 Å². The van der Waals surface area contributed by atoms with Gasteiger partial charge >= 0.3 is 0 Å². The first-order valence-corrected chi connectivity index (χ1v) is 19.8. The number of sulfonamides is 1. The van der Waals surface area contributed by atoms with Gasteiger partial charge < -0.3 is 9.51 Å². The van der Waals surface area contributed by atoms with Crippen LogP contribution in [0, 0.1) is 12.8 Å². The summed E-state index contributed by atoms with van der Waals surface area (Å²) < 4.78 is 34.7. The van der Waals surface area contributed by atoms with E-state index in [4.69, 9.17) is 4.52 Å². The van der Waals surface area contributed by atoms with E-state index < -0.39 is 16.1 Å². The van der Waals surface area contributed by atoms with Gasteiger partial charge in [0.15, 0.2) is 5.82 Å². The lowest BCUT2D eigenvalue weighted by Gasteiger charge is -2.26. The number of imidazole rings is 1. The lowest BCUT2D eigenvalue weighted by atomic mass is 10.0. The Labute approximate surface area is 288 Å². The van der Waals surface area contributed by atoms with Crippen LogP contribution in [-0.2, 0) is 22.9 Å². The van der Waals surface area contributed by atoms with Gasteiger partial charge in [-0.15, -0.1) is 0 Å². The molecule has 3 heterocycles. The van der Waals surface area contributed by atoms with Crippen molar-refractivity contribution in [3.63, 3.8) is 0 Å². The molecule has 0 amide bonds. The van der Waals surface area contributed by atoms with E-state index in [1.165, 1.54) is 81.4 Å². The normalized spacial score (nSPS) is 12.9. The summed E-state index contributed by atoms with van der Waals surface area (Å²) in [6.07, 6.45) is 22.0. The fraction of sp³-hybridized carbons (Fsp3) is 0.632. The van der Waals surface area contributed by atoms with Crippen molar-refractivity contribution >= 4 is 21.1 Å². The quantitative estimate of drug-likeness (QED) is 0.0776. The average molecular weight is 679 g/mol. The second-order valence-corrected chi connectivity index (χ2v) is 15.9. The number of aromatic nitrogens is 5. The zero-order valence-corrected chi connectivity index (χ0v) is 30.8. The highest BCUT2D eigenvalue weighted by Gasteiger charge is 2.33. The minimum atomic E-state index is -3.81. The first-order chi connectivity index (χ1) is 23.2. The third kappa shape index (κ3) is 11.2. The molecule has 0 radical (unpaired) electrons. The van der Waals surface area contributed by atoms with Crippen molar-refractivity contribution in [3.05, 3.63) is 65.3 Å². The number of hydrogen-bond donors (Lipinski definition) is 1. The van der Waals surface area contributed by atoms with Gasteiger partial charge in [0.25, 0.3) is 0 Å². The predicted octanol–water partition coefficient (Wildman–Crippen LogP) is 9.67. The van der Waals surface area contributed by atoms with Crippen LogP contribution in [0.3, 0.4) is 0 Å². The van der Waals surface area contributed by atoms with Gasteiger partial charge in [-0.1, -0.05) is 122 Å². The molecule has 1 aromatic carbocycles. The van der Waals surface area contributed by atoms with E-state index in [1.54, 1.807) is 25.4 Å². The number of hydrogen-bond acceptors (Lipinski definition) is 7. The number of H-pyrrole nitrogens is 1. The third-order valence-corrected chi connectivity index (χ3v) is 11.1. The first-order valence-electron chi connectivity index (χ1n) is 18.4. The molecule has 4 rings (SSSR count). The van der Waals surface area contributed by atoms with Gasteiger partial charge in [0.2, 0.25) is 15.9 Å². The van der Waals surface area contributed by atoms with E-state index in [9.17, 15) is 8.42 Å². The molecule has 4 aromatic rings. The topological polar surface area (TPSA) is 118 Å². The third-order valence-electron chi connectivity index (χ3n) is 9.22. The highest BCUT2D eigenvalue weighted by atomic mass is 32.2. The highest BCUT2D eigenvalue weighted by molar-refractivity contribution is 7.89. The number of rotatable bonds is 23. The number of unbranched alkanes of at least 4 members (excludes halogenated alkanes) is 13. The molecule has 1 unspecified atom stereocenters. The Balaban J connectivity index is 1.25. The molecule has 0 aliphatic heterocycles. The molecule has 3 aromatic heterocycles. The van der Waals surface area contributed by atoms with Gasteiger partial charge in [0.05, 0.1) is 16.1 Å². The Morgan fingerprint density at radius 2 is 1.44 bits per heavy atom. The largest absolute Gasteiger partial charge is 0.342 e. The Hall–Kier alpha value is -3.11. The van der Waals surface area contributed by atoms with Crippen LogP contribution in [-0.4, -0.2) is 44.9 Å². The van der Waals surface area contributed by atoms with E-state index in [1.807, 2.05) is 25.1 Å². The van der Waals surface area contributed by atoms with Gasteiger partial charge in [-0.3, -0.25) is 4.98 Å². The summed E-state index contributed by atoms with van der Waals surface area (Å²) in [5.41, 5.74) is 3.59. The molecule has 0 aliphatic carbocycles. The van der Waals surface area contributed by atoms with Gasteiger partial charge in [-0.05, 0) is 49.4 Å². The van der Waals surface area contributed by atoms with Crippen molar-refractivity contribution in [3.8, 4) is 0 Å². The molecule has 1 atom stereocenters. The summed E-state index contributed by atoms with van der Waals surface area (Å²) in [6.45, 7) is 8.34. The smallest absolute Gasteiger partial charge is 0.245 e. The summed E-state index contributed by atoms with van der Waals surface area (Å²) in [4.78, 5) is 17.2. The molecular formula is C38H58N6O3S. The van der Waals surface area contributed by atoms with Crippen molar-refractivity contribution in [2.75, 3.05) is 7.05 Å². The Bertz CT molecular complexity index is 1610. The minimum absolute atomic E-state index is 0.228. The minimum Gasteiger partial charge on any atom is -0.342 e. The van der Waals surface area contributed by atoms with Crippen LogP contribution in [0.4, 0.5) is 0 Å². The van der Waals surface area contributed by atoms with E-state index in [2.05, 4.69) is 45.9 Å². The van der Waals surface area contributed by atoms with Crippen LogP contribution in [0.1, 0.15) is 152 Å². The van der Waals surface area contributed by atoms with Gasteiger partial charge in [-0.25, -0.2) is 13.4 Å². The number of aromatic amines is 1. The fourth-order valence-corrected chi connectivity index (χ4v) is 7.71. The van der Waals surface area contributed by atoms with Gasteiger partial charge in [0, 0.05) is 26.1 Å². The lowest BCUT2D eigenvalue weighted by Crippen LogP contribution is -2.32. The lowest BCUT2D eigenvalue weighted by molar-refractivity contribution is 0.247. The summed E-state index contributed by atoms with van der Waals surface area (Å²) in [5, 5.41) is 4.23. The Morgan fingerprint density at radius 3 is 2.04 bits per heavy atom. The van der Waals surface area contributed by atoms with Crippen molar-refractivity contribution < 1.29 is 12.9 Å². The molecule has 0 aliphatic rings. The molecule has 0 saturated heterocycles.